The SMILES string of the molecule is Cn1c(CNC(=O)c2ccc([S@](C)=O)cc2)n[nH]c1=S. The van der Waals surface area contributed by atoms with Crippen molar-refractivity contribution in [3.8, 4) is 0 Å². The second-order valence-electron chi connectivity index (χ2n) is 4.17. The lowest BCUT2D eigenvalue weighted by Crippen LogP contribution is -2.24. The van der Waals surface area contributed by atoms with E-state index in [2.05, 4.69) is 15.5 Å². The quantitative estimate of drug-likeness (QED) is 0.830. The van der Waals surface area contributed by atoms with Gasteiger partial charge in [-0.25, -0.2) is 0 Å². The summed E-state index contributed by atoms with van der Waals surface area (Å²) in [7, 11) is 0.731. The number of nitrogens with one attached hydrogen (secondary N) is 2. The van der Waals surface area contributed by atoms with Gasteiger partial charge in [-0.3, -0.25) is 14.1 Å². The number of amides is 1. The van der Waals surface area contributed by atoms with Crippen LogP contribution in [0.25, 0.3) is 0 Å². The van der Waals surface area contributed by atoms with Gasteiger partial charge in [-0.2, -0.15) is 5.10 Å². The molecule has 0 fully saturated rings. The molecule has 8 heteroatoms. The Morgan fingerprint density at radius 1 is 1.45 bits per heavy atom. The van der Waals surface area contributed by atoms with Gasteiger partial charge in [-0.05, 0) is 36.5 Å². The topological polar surface area (TPSA) is 79.8 Å². The van der Waals surface area contributed by atoms with Gasteiger partial charge in [0.25, 0.3) is 5.91 Å². The van der Waals surface area contributed by atoms with Gasteiger partial charge in [-0.15, -0.1) is 0 Å². The number of carbonyl (C=O) groups is 1. The molecule has 0 spiro atoms. The zero-order valence-electron chi connectivity index (χ0n) is 11.0. The number of aromatic nitrogens is 3. The minimum Gasteiger partial charge on any atom is -0.345 e. The molecule has 1 aromatic heterocycles. The molecule has 2 rings (SSSR count). The first kappa shape index (κ1) is 14.6. The van der Waals surface area contributed by atoms with E-state index >= 15 is 0 Å². The van der Waals surface area contributed by atoms with Crippen LogP contribution >= 0.6 is 12.2 Å². The fourth-order valence-corrected chi connectivity index (χ4v) is 2.27. The summed E-state index contributed by atoms with van der Waals surface area (Å²) < 4.78 is 13.5. The molecule has 0 unspecified atom stereocenters. The van der Waals surface area contributed by atoms with E-state index in [4.69, 9.17) is 12.2 Å². The Labute approximate surface area is 123 Å². The number of H-pyrrole nitrogens is 1. The maximum absolute atomic E-state index is 12.0. The van der Waals surface area contributed by atoms with Crippen LogP contribution in [-0.2, 0) is 24.4 Å². The average Bonchev–Trinajstić information content (AvgIpc) is 2.76. The van der Waals surface area contributed by atoms with Crippen molar-refractivity contribution in [1.82, 2.24) is 20.1 Å². The van der Waals surface area contributed by atoms with Gasteiger partial charge in [-0.1, -0.05) is 0 Å². The van der Waals surface area contributed by atoms with Crippen LogP contribution in [0.2, 0.25) is 0 Å². The maximum Gasteiger partial charge on any atom is 0.251 e. The largest absolute Gasteiger partial charge is 0.345 e. The van der Waals surface area contributed by atoms with Crippen molar-refractivity contribution >= 4 is 28.9 Å². The third kappa shape index (κ3) is 3.20. The zero-order valence-corrected chi connectivity index (χ0v) is 12.7. The molecule has 1 aromatic carbocycles. The Morgan fingerprint density at radius 3 is 2.60 bits per heavy atom. The van der Waals surface area contributed by atoms with Gasteiger partial charge < -0.3 is 9.88 Å². The molecular formula is C12H14N4O2S2. The monoisotopic (exact) mass is 310 g/mol. The van der Waals surface area contributed by atoms with Gasteiger partial charge in [0.1, 0.15) is 0 Å². The summed E-state index contributed by atoms with van der Waals surface area (Å²) in [5.74, 6) is 0.432. The molecule has 2 N–H and O–H groups in total. The predicted molar refractivity (Wildman–Crippen MR) is 78.3 cm³/mol. The Balaban J connectivity index is 2.03. The zero-order chi connectivity index (χ0) is 14.7. The van der Waals surface area contributed by atoms with Crippen LogP contribution in [-0.4, -0.2) is 31.1 Å². The Bertz CT molecular complexity index is 703. The smallest absolute Gasteiger partial charge is 0.251 e. The second-order valence-corrected chi connectivity index (χ2v) is 5.93. The number of rotatable bonds is 4. The Kier molecular flexibility index (Phi) is 4.46. The van der Waals surface area contributed by atoms with Crippen LogP contribution in [0.15, 0.2) is 29.2 Å². The van der Waals surface area contributed by atoms with E-state index in [1.807, 2.05) is 0 Å². The first-order valence-electron chi connectivity index (χ1n) is 5.81. The number of nitrogens with zero attached hydrogens (tertiary/aromatic N) is 2. The molecule has 1 amide bonds. The molecule has 0 bridgehead atoms. The van der Waals surface area contributed by atoms with Crippen molar-refractivity contribution in [2.45, 2.75) is 11.4 Å². The van der Waals surface area contributed by atoms with Gasteiger partial charge in [0.2, 0.25) is 0 Å². The Hall–Kier alpha value is -1.80. The summed E-state index contributed by atoms with van der Waals surface area (Å²) in [6.07, 6.45) is 1.60. The third-order valence-corrected chi connectivity index (χ3v) is 4.13. The average molecular weight is 310 g/mol. The molecule has 0 aliphatic rings. The summed E-state index contributed by atoms with van der Waals surface area (Å²) in [6, 6.07) is 6.66. The number of benzene rings is 1. The van der Waals surface area contributed by atoms with Crippen LogP contribution < -0.4 is 5.32 Å². The van der Waals surface area contributed by atoms with Crippen molar-refractivity contribution in [1.29, 1.82) is 0 Å². The molecule has 20 heavy (non-hydrogen) atoms. The molecule has 0 saturated heterocycles. The predicted octanol–water partition coefficient (Wildman–Crippen LogP) is 1.15. The minimum absolute atomic E-state index is 0.215. The molecule has 106 valence electrons. The number of carbonyl (C=O) groups excluding carboxylic acids is 1. The minimum atomic E-state index is -1.04. The first-order valence-corrected chi connectivity index (χ1v) is 7.77. The molecule has 0 aliphatic heterocycles. The molecule has 1 heterocycles. The normalized spacial score (nSPS) is 12.1. The van der Waals surface area contributed by atoms with Crippen molar-refractivity contribution in [2.24, 2.45) is 7.05 Å². The van der Waals surface area contributed by atoms with Crippen molar-refractivity contribution in [3.05, 3.63) is 40.4 Å². The molecule has 0 radical (unpaired) electrons. The van der Waals surface area contributed by atoms with Crippen molar-refractivity contribution < 1.29 is 9.00 Å². The van der Waals surface area contributed by atoms with E-state index in [9.17, 15) is 9.00 Å². The van der Waals surface area contributed by atoms with E-state index in [0.29, 0.717) is 21.1 Å². The fraction of sp³-hybridized carbons (Fsp3) is 0.250. The summed E-state index contributed by atoms with van der Waals surface area (Å²) in [4.78, 5) is 12.6. The Morgan fingerprint density at radius 2 is 2.10 bits per heavy atom. The van der Waals surface area contributed by atoms with Crippen LogP contribution in [0.3, 0.4) is 0 Å². The second kappa shape index (κ2) is 6.10. The lowest BCUT2D eigenvalue weighted by atomic mass is 10.2. The van der Waals surface area contributed by atoms with Crippen LogP contribution in [0.4, 0.5) is 0 Å². The van der Waals surface area contributed by atoms with E-state index in [0.717, 1.165) is 0 Å². The van der Waals surface area contributed by atoms with E-state index in [1.54, 1.807) is 42.1 Å². The van der Waals surface area contributed by atoms with Gasteiger partial charge in [0.05, 0.1) is 6.54 Å². The highest BCUT2D eigenvalue weighted by atomic mass is 32.2. The van der Waals surface area contributed by atoms with Crippen LogP contribution in [0.1, 0.15) is 16.2 Å². The highest BCUT2D eigenvalue weighted by molar-refractivity contribution is 7.84. The number of aromatic amines is 1. The summed E-state index contributed by atoms with van der Waals surface area (Å²) in [6.45, 7) is 0.282. The van der Waals surface area contributed by atoms with E-state index < -0.39 is 10.8 Å². The van der Waals surface area contributed by atoms with Gasteiger partial charge in [0, 0.05) is 34.6 Å². The molecule has 2 aromatic rings. The number of hydrogen-bond donors (Lipinski definition) is 2. The summed E-state index contributed by atoms with van der Waals surface area (Å²) in [5.41, 5.74) is 0.510. The molecule has 6 nitrogen and oxygen atoms in total. The first-order chi connectivity index (χ1) is 9.49. The highest BCUT2D eigenvalue weighted by Gasteiger charge is 2.08. The highest BCUT2D eigenvalue weighted by Crippen LogP contribution is 2.07. The summed E-state index contributed by atoms with van der Waals surface area (Å²) >= 11 is 4.99. The molecule has 0 aliphatic carbocycles. The molecular weight excluding hydrogens is 296 g/mol. The maximum atomic E-state index is 12.0. The lowest BCUT2D eigenvalue weighted by Gasteiger charge is -2.05. The fourth-order valence-electron chi connectivity index (χ4n) is 1.60. The lowest BCUT2D eigenvalue weighted by molar-refractivity contribution is 0.0949. The standard InChI is InChI=1S/C12H14N4O2S2/c1-16-10(14-15-12(16)19)7-13-11(17)8-3-5-9(6-4-8)20(2)18/h3-6H,7H2,1-2H3,(H,13,17)(H,15,19)/t20-/m0/s1. The van der Waals surface area contributed by atoms with E-state index in [1.165, 1.54) is 0 Å². The number of hydrogen-bond acceptors (Lipinski definition) is 4. The van der Waals surface area contributed by atoms with Gasteiger partial charge >= 0.3 is 0 Å². The van der Waals surface area contributed by atoms with Gasteiger partial charge in [0.15, 0.2) is 10.6 Å². The van der Waals surface area contributed by atoms with Crippen LogP contribution in [0, 0.1) is 4.77 Å². The third-order valence-electron chi connectivity index (χ3n) is 2.83. The van der Waals surface area contributed by atoms with Crippen LogP contribution in [0.5, 0.6) is 0 Å². The molecule has 1 atom stereocenters. The summed E-state index contributed by atoms with van der Waals surface area (Å²) in [5, 5.41) is 9.41. The van der Waals surface area contributed by atoms with E-state index in [-0.39, 0.29) is 12.5 Å². The molecule has 0 saturated carbocycles. The van der Waals surface area contributed by atoms with Crippen molar-refractivity contribution in [2.75, 3.05) is 6.26 Å². The van der Waals surface area contributed by atoms with Crippen molar-refractivity contribution in [3.63, 3.8) is 0 Å².